The molecule has 1 aliphatic heterocycles. The summed E-state index contributed by atoms with van der Waals surface area (Å²) in [4.78, 5) is 25.2. The van der Waals surface area contributed by atoms with Gasteiger partial charge >= 0.3 is 0 Å². The number of carbonyl (C=O) groups excluding carboxylic acids is 1. The molecular weight excluding hydrogens is 398 g/mol. The Hall–Kier alpha value is -3.77. The molecule has 0 saturated carbocycles. The maximum atomic E-state index is 12.8. The second kappa shape index (κ2) is 8.77. The zero-order valence-corrected chi connectivity index (χ0v) is 17.8. The largest absolute Gasteiger partial charge is 0.383 e. The van der Waals surface area contributed by atoms with Crippen LogP contribution < -0.4 is 5.73 Å². The number of carbonyl (C=O) groups is 1. The fourth-order valence-corrected chi connectivity index (χ4v) is 4.19. The Morgan fingerprint density at radius 1 is 0.812 bits per heavy atom. The van der Waals surface area contributed by atoms with E-state index in [1.165, 1.54) is 23.0 Å². The van der Waals surface area contributed by atoms with E-state index in [1.807, 2.05) is 29.2 Å². The van der Waals surface area contributed by atoms with Gasteiger partial charge in [0.25, 0.3) is 0 Å². The Balaban J connectivity index is 1.20. The number of amides is 1. The van der Waals surface area contributed by atoms with Crippen LogP contribution in [0.2, 0.25) is 0 Å². The summed E-state index contributed by atoms with van der Waals surface area (Å²) in [5.41, 5.74) is 11.4. The molecule has 160 valence electrons. The molecule has 32 heavy (non-hydrogen) atoms. The first-order valence-electron chi connectivity index (χ1n) is 10.8. The maximum Gasteiger partial charge on any atom is 0.237 e. The van der Waals surface area contributed by atoms with Crippen LogP contribution in [0.5, 0.6) is 0 Å². The third-order valence-corrected chi connectivity index (χ3v) is 5.97. The van der Waals surface area contributed by atoms with Gasteiger partial charge in [0.15, 0.2) is 0 Å². The SMILES string of the molecule is Nc1ncnc2cc(CN3CCN(Cc4ccc(-c5ccccc5)cc4)CC3=O)ccc12. The molecule has 6 nitrogen and oxygen atoms in total. The van der Waals surface area contributed by atoms with Gasteiger partial charge in [0, 0.05) is 31.6 Å². The second-order valence-corrected chi connectivity index (χ2v) is 8.20. The molecule has 0 radical (unpaired) electrons. The van der Waals surface area contributed by atoms with Crippen molar-refractivity contribution in [2.24, 2.45) is 0 Å². The third-order valence-electron chi connectivity index (χ3n) is 5.97. The molecule has 3 aromatic carbocycles. The van der Waals surface area contributed by atoms with Crippen molar-refractivity contribution in [1.82, 2.24) is 19.8 Å². The third kappa shape index (κ3) is 4.31. The molecule has 4 aromatic rings. The van der Waals surface area contributed by atoms with Crippen molar-refractivity contribution in [3.05, 3.63) is 90.3 Å². The molecule has 0 spiro atoms. The Morgan fingerprint density at radius 2 is 1.56 bits per heavy atom. The van der Waals surface area contributed by atoms with Crippen molar-refractivity contribution in [2.75, 3.05) is 25.4 Å². The van der Waals surface area contributed by atoms with Crippen molar-refractivity contribution in [3.63, 3.8) is 0 Å². The van der Waals surface area contributed by atoms with Gasteiger partial charge in [-0.3, -0.25) is 9.69 Å². The molecule has 6 heteroatoms. The average molecular weight is 424 g/mol. The number of nitrogen functional groups attached to an aromatic ring is 1. The summed E-state index contributed by atoms with van der Waals surface area (Å²) in [6.45, 7) is 3.36. The summed E-state index contributed by atoms with van der Waals surface area (Å²) in [5.74, 6) is 0.627. The smallest absolute Gasteiger partial charge is 0.237 e. The zero-order valence-electron chi connectivity index (χ0n) is 17.8. The standard InChI is InChI=1S/C26H25N5O/c27-26-23-11-8-20(14-24(23)28-18-29-26)16-31-13-12-30(17-25(31)32)15-19-6-9-22(10-7-19)21-4-2-1-3-5-21/h1-11,14,18H,12-13,15-17H2,(H2,27,28,29). The van der Waals surface area contributed by atoms with Gasteiger partial charge in [-0.15, -0.1) is 0 Å². The van der Waals surface area contributed by atoms with Crippen LogP contribution in [0.15, 0.2) is 79.1 Å². The molecule has 0 aliphatic carbocycles. The molecule has 1 fully saturated rings. The van der Waals surface area contributed by atoms with Crippen molar-refractivity contribution in [1.29, 1.82) is 0 Å². The Kier molecular flexibility index (Phi) is 5.52. The van der Waals surface area contributed by atoms with Crippen LogP contribution in [0.25, 0.3) is 22.0 Å². The van der Waals surface area contributed by atoms with Gasteiger partial charge in [0.1, 0.15) is 12.1 Å². The first-order valence-corrected chi connectivity index (χ1v) is 10.8. The highest BCUT2D eigenvalue weighted by Gasteiger charge is 2.24. The van der Waals surface area contributed by atoms with Crippen LogP contribution in [-0.2, 0) is 17.9 Å². The lowest BCUT2D eigenvalue weighted by atomic mass is 10.0. The summed E-state index contributed by atoms with van der Waals surface area (Å²) in [6.07, 6.45) is 1.47. The van der Waals surface area contributed by atoms with E-state index in [0.29, 0.717) is 25.5 Å². The number of nitrogens with two attached hydrogens (primary N) is 1. The van der Waals surface area contributed by atoms with E-state index in [-0.39, 0.29) is 5.91 Å². The van der Waals surface area contributed by atoms with E-state index in [2.05, 4.69) is 63.4 Å². The van der Waals surface area contributed by atoms with Crippen LogP contribution in [0.3, 0.4) is 0 Å². The molecule has 1 amide bonds. The Morgan fingerprint density at radius 3 is 2.34 bits per heavy atom. The van der Waals surface area contributed by atoms with Gasteiger partial charge in [-0.25, -0.2) is 9.97 Å². The van der Waals surface area contributed by atoms with E-state index in [0.717, 1.165) is 29.6 Å². The molecule has 1 saturated heterocycles. The Labute approximate surface area is 187 Å². The van der Waals surface area contributed by atoms with Crippen LogP contribution in [-0.4, -0.2) is 45.3 Å². The minimum Gasteiger partial charge on any atom is -0.383 e. The second-order valence-electron chi connectivity index (χ2n) is 8.20. The number of aromatic nitrogens is 2. The molecule has 0 bridgehead atoms. The molecule has 0 unspecified atom stereocenters. The molecule has 2 N–H and O–H groups in total. The number of piperazine rings is 1. The summed E-state index contributed by atoms with van der Waals surface area (Å²) in [5, 5.41) is 0.839. The van der Waals surface area contributed by atoms with E-state index < -0.39 is 0 Å². The summed E-state index contributed by atoms with van der Waals surface area (Å²) in [6, 6.07) is 24.9. The number of fused-ring (bicyclic) bond motifs is 1. The molecule has 1 aliphatic rings. The van der Waals surface area contributed by atoms with Crippen molar-refractivity contribution >= 4 is 22.6 Å². The molecule has 5 rings (SSSR count). The molecule has 2 heterocycles. The minimum atomic E-state index is 0.152. The number of hydrogen-bond acceptors (Lipinski definition) is 5. The topological polar surface area (TPSA) is 75.3 Å². The normalized spacial score (nSPS) is 14.8. The van der Waals surface area contributed by atoms with E-state index >= 15 is 0 Å². The Bertz CT molecular complexity index is 1240. The number of nitrogens with zero attached hydrogens (tertiary/aromatic N) is 4. The predicted octanol–water partition coefficient (Wildman–Crippen LogP) is 3.72. The average Bonchev–Trinajstić information content (AvgIpc) is 2.82. The van der Waals surface area contributed by atoms with Gasteiger partial charge < -0.3 is 10.6 Å². The summed E-state index contributed by atoms with van der Waals surface area (Å²) in [7, 11) is 0. The van der Waals surface area contributed by atoms with Crippen LogP contribution >= 0.6 is 0 Å². The summed E-state index contributed by atoms with van der Waals surface area (Å²) < 4.78 is 0. The summed E-state index contributed by atoms with van der Waals surface area (Å²) >= 11 is 0. The predicted molar refractivity (Wildman–Crippen MR) is 127 cm³/mol. The number of anilines is 1. The molecule has 0 atom stereocenters. The van der Waals surface area contributed by atoms with Crippen molar-refractivity contribution in [2.45, 2.75) is 13.1 Å². The van der Waals surface area contributed by atoms with E-state index in [9.17, 15) is 4.79 Å². The number of benzene rings is 3. The van der Waals surface area contributed by atoms with Gasteiger partial charge in [0.2, 0.25) is 5.91 Å². The fourth-order valence-electron chi connectivity index (χ4n) is 4.19. The van der Waals surface area contributed by atoms with Crippen molar-refractivity contribution < 1.29 is 4.79 Å². The zero-order chi connectivity index (χ0) is 21.9. The van der Waals surface area contributed by atoms with E-state index in [1.54, 1.807) is 0 Å². The molecule has 1 aromatic heterocycles. The van der Waals surface area contributed by atoms with Crippen LogP contribution in [0, 0.1) is 0 Å². The lowest BCUT2D eigenvalue weighted by molar-refractivity contribution is -0.136. The van der Waals surface area contributed by atoms with Gasteiger partial charge in [-0.2, -0.15) is 0 Å². The fraction of sp³-hybridized carbons (Fsp3) is 0.192. The van der Waals surface area contributed by atoms with Crippen molar-refractivity contribution in [3.8, 4) is 11.1 Å². The van der Waals surface area contributed by atoms with Gasteiger partial charge in [0.05, 0.1) is 12.1 Å². The lowest BCUT2D eigenvalue weighted by Gasteiger charge is -2.34. The quantitative estimate of drug-likeness (QED) is 0.529. The van der Waals surface area contributed by atoms with Gasteiger partial charge in [-0.05, 0) is 34.4 Å². The van der Waals surface area contributed by atoms with E-state index in [4.69, 9.17) is 5.73 Å². The monoisotopic (exact) mass is 423 g/mol. The first-order chi connectivity index (χ1) is 15.7. The maximum absolute atomic E-state index is 12.8. The lowest BCUT2D eigenvalue weighted by Crippen LogP contribution is -2.49. The highest BCUT2D eigenvalue weighted by Crippen LogP contribution is 2.21. The molecular formula is C26H25N5O. The van der Waals surface area contributed by atoms with Gasteiger partial charge in [-0.1, -0.05) is 60.7 Å². The van der Waals surface area contributed by atoms with Crippen LogP contribution in [0.4, 0.5) is 5.82 Å². The minimum absolute atomic E-state index is 0.152. The highest BCUT2D eigenvalue weighted by molar-refractivity contribution is 5.88. The number of rotatable bonds is 5. The number of hydrogen-bond donors (Lipinski definition) is 1. The van der Waals surface area contributed by atoms with Crippen LogP contribution in [0.1, 0.15) is 11.1 Å². The first kappa shape index (κ1) is 20.2. The highest BCUT2D eigenvalue weighted by atomic mass is 16.2.